The molecule has 2 atom stereocenters. The highest BCUT2D eigenvalue weighted by molar-refractivity contribution is 8.04. The van der Waals surface area contributed by atoms with Crippen molar-refractivity contribution >= 4 is 25.9 Å². The summed E-state index contributed by atoms with van der Waals surface area (Å²) in [6.07, 6.45) is 4.35. The summed E-state index contributed by atoms with van der Waals surface area (Å²) in [5, 5.41) is 0.260. The van der Waals surface area contributed by atoms with E-state index in [0.29, 0.717) is 0 Å². The van der Waals surface area contributed by atoms with Gasteiger partial charge in [-0.3, -0.25) is 4.79 Å². The number of rotatable bonds is 3. The molecule has 0 unspecified atom stereocenters. The molecule has 0 N–H and O–H groups in total. The van der Waals surface area contributed by atoms with Gasteiger partial charge >= 0.3 is 0 Å². The SMILES string of the molecule is CC(=O)C1=C(C)O[C@@]2(O[Si](C)(C)C)CCCC[C@H]2S1. The third-order valence-corrected chi connectivity index (χ3v) is 6.08. The molecule has 0 aromatic heterocycles. The maximum atomic E-state index is 11.7. The van der Waals surface area contributed by atoms with Gasteiger partial charge in [-0.15, -0.1) is 11.8 Å². The minimum atomic E-state index is -1.69. The monoisotopic (exact) mass is 300 g/mol. The largest absolute Gasteiger partial charge is 0.465 e. The Morgan fingerprint density at radius 1 is 1.42 bits per heavy atom. The molecule has 0 radical (unpaired) electrons. The molecule has 1 aliphatic heterocycles. The number of allylic oxidation sites excluding steroid dienone is 2. The summed E-state index contributed by atoms with van der Waals surface area (Å²) in [5.41, 5.74) is 0. The standard InChI is InChI=1S/C14H24O3SSi/c1-10(15)13-11(2)16-14(17-19(3,4)5)9-7-6-8-12(14)18-13/h12H,6-9H2,1-5H3/t12-,14-/m1/s1. The van der Waals surface area contributed by atoms with Crippen molar-refractivity contribution in [1.82, 2.24) is 0 Å². The van der Waals surface area contributed by atoms with E-state index >= 15 is 0 Å². The number of Topliss-reactive ketones (excluding diaryl/α,β-unsaturated/α-hetero) is 1. The number of thioether (sulfide) groups is 1. The first-order valence-corrected chi connectivity index (χ1v) is 11.3. The average Bonchev–Trinajstić information content (AvgIpc) is 2.24. The smallest absolute Gasteiger partial charge is 0.213 e. The molecule has 0 aromatic carbocycles. The molecular weight excluding hydrogens is 276 g/mol. The van der Waals surface area contributed by atoms with Crippen molar-refractivity contribution in [1.29, 1.82) is 0 Å². The van der Waals surface area contributed by atoms with Gasteiger partial charge in [-0.25, -0.2) is 0 Å². The van der Waals surface area contributed by atoms with Crippen LogP contribution in [-0.2, 0) is 14.0 Å². The molecule has 1 aliphatic carbocycles. The zero-order valence-corrected chi connectivity index (χ0v) is 14.4. The molecule has 19 heavy (non-hydrogen) atoms. The fourth-order valence-electron chi connectivity index (χ4n) is 2.86. The van der Waals surface area contributed by atoms with Gasteiger partial charge in [0.25, 0.3) is 0 Å². The second-order valence-electron chi connectivity index (χ2n) is 6.42. The van der Waals surface area contributed by atoms with E-state index in [0.717, 1.165) is 29.9 Å². The Kier molecular flexibility index (Phi) is 4.19. The first-order chi connectivity index (χ1) is 8.73. The number of fused-ring (bicyclic) bond motifs is 1. The second-order valence-corrected chi connectivity index (χ2v) is 12.1. The quantitative estimate of drug-likeness (QED) is 0.736. The van der Waals surface area contributed by atoms with Gasteiger partial charge in [-0.05, 0) is 46.3 Å². The molecule has 2 aliphatic rings. The van der Waals surface area contributed by atoms with E-state index in [-0.39, 0.29) is 11.0 Å². The van der Waals surface area contributed by atoms with Crippen LogP contribution in [-0.4, -0.2) is 25.1 Å². The molecule has 0 amide bonds. The van der Waals surface area contributed by atoms with Gasteiger partial charge in [0.05, 0.1) is 10.2 Å². The predicted molar refractivity (Wildman–Crippen MR) is 81.5 cm³/mol. The molecule has 1 fully saturated rings. The summed E-state index contributed by atoms with van der Waals surface area (Å²) in [4.78, 5) is 12.5. The van der Waals surface area contributed by atoms with E-state index in [9.17, 15) is 4.79 Å². The number of ether oxygens (including phenoxy) is 1. The van der Waals surface area contributed by atoms with E-state index < -0.39 is 14.1 Å². The van der Waals surface area contributed by atoms with Crippen molar-refractivity contribution in [3.63, 3.8) is 0 Å². The third-order valence-electron chi connectivity index (χ3n) is 3.44. The molecule has 0 spiro atoms. The van der Waals surface area contributed by atoms with E-state index in [1.54, 1.807) is 18.7 Å². The fourth-order valence-corrected chi connectivity index (χ4v) is 5.61. The van der Waals surface area contributed by atoms with Crippen LogP contribution < -0.4 is 0 Å². The maximum Gasteiger partial charge on any atom is 0.213 e. The first-order valence-electron chi connectivity index (χ1n) is 7.01. The Morgan fingerprint density at radius 2 is 2.11 bits per heavy atom. The van der Waals surface area contributed by atoms with Gasteiger partial charge < -0.3 is 9.16 Å². The van der Waals surface area contributed by atoms with Crippen molar-refractivity contribution in [3.8, 4) is 0 Å². The van der Waals surface area contributed by atoms with Crippen LogP contribution in [0.25, 0.3) is 0 Å². The topological polar surface area (TPSA) is 35.5 Å². The molecule has 5 heteroatoms. The van der Waals surface area contributed by atoms with Crippen LogP contribution >= 0.6 is 11.8 Å². The van der Waals surface area contributed by atoms with Gasteiger partial charge in [0.2, 0.25) is 5.79 Å². The Bertz CT molecular complexity index is 413. The molecule has 108 valence electrons. The van der Waals surface area contributed by atoms with Gasteiger partial charge in [-0.2, -0.15) is 0 Å². The number of ketones is 1. The third kappa shape index (κ3) is 3.25. The van der Waals surface area contributed by atoms with Crippen LogP contribution in [0, 0.1) is 0 Å². The highest BCUT2D eigenvalue weighted by Gasteiger charge is 2.50. The Balaban J connectivity index is 2.32. The number of carbonyl (C=O) groups is 1. The van der Waals surface area contributed by atoms with Crippen molar-refractivity contribution in [3.05, 3.63) is 10.7 Å². The lowest BCUT2D eigenvalue weighted by atomic mass is 9.93. The molecule has 1 heterocycles. The normalized spacial score (nSPS) is 31.7. The molecule has 0 saturated heterocycles. The number of hydrogen-bond acceptors (Lipinski definition) is 4. The number of carbonyl (C=O) groups excluding carboxylic acids is 1. The van der Waals surface area contributed by atoms with E-state index in [1.807, 2.05) is 6.92 Å². The van der Waals surface area contributed by atoms with Crippen molar-refractivity contribution in [2.45, 2.75) is 70.2 Å². The van der Waals surface area contributed by atoms with Crippen molar-refractivity contribution in [2.24, 2.45) is 0 Å². The van der Waals surface area contributed by atoms with E-state index in [4.69, 9.17) is 9.16 Å². The summed E-state index contributed by atoms with van der Waals surface area (Å²) in [6.45, 7) is 10.1. The zero-order valence-electron chi connectivity index (χ0n) is 12.5. The molecule has 0 aromatic rings. The summed E-state index contributed by atoms with van der Waals surface area (Å²) in [7, 11) is -1.69. The maximum absolute atomic E-state index is 11.7. The Hall–Kier alpha value is -0.263. The number of hydrogen-bond donors (Lipinski definition) is 0. The van der Waals surface area contributed by atoms with Gasteiger partial charge in [0.15, 0.2) is 14.1 Å². The van der Waals surface area contributed by atoms with Crippen LogP contribution in [0.1, 0.15) is 39.5 Å². The average molecular weight is 300 g/mol. The van der Waals surface area contributed by atoms with E-state index in [1.165, 1.54) is 6.42 Å². The summed E-state index contributed by atoms with van der Waals surface area (Å²) >= 11 is 1.67. The van der Waals surface area contributed by atoms with Crippen molar-refractivity contribution in [2.75, 3.05) is 0 Å². The predicted octanol–water partition coefficient (Wildman–Crippen LogP) is 4.06. The lowest BCUT2D eigenvalue weighted by Gasteiger charge is -2.49. The van der Waals surface area contributed by atoms with Crippen LogP contribution in [0.4, 0.5) is 0 Å². The Labute approximate surface area is 121 Å². The summed E-state index contributed by atoms with van der Waals surface area (Å²) < 4.78 is 12.6. The molecule has 3 nitrogen and oxygen atoms in total. The second kappa shape index (κ2) is 5.26. The van der Waals surface area contributed by atoms with Crippen LogP contribution in [0.2, 0.25) is 19.6 Å². The summed E-state index contributed by atoms with van der Waals surface area (Å²) in [5.74, 6) is 0.361. The minimum Gasteiger partial charge on any atom is -0.465 e. The highest BCUT2D eigenvalue weighted by Crippen LogP contribution is 2.49. The van der Waals surface area contributed by atoms with Crippen LogP contribution in [0.15, 0.2) is 10.7 Å². The lowest BCUT2D eigenvalue weighted by Crippen LogP contribution is -2.54. The molecule has 0 bridgehead atoms. The van der Waals surface area contributed by atoms with Gasteiger partial charge in [0.1, 0.15) is 5.76 Å². The highest BCUT2D eigenvalue weighted by atomic mass is 32.2. The molecular formula is C14H24O3SSi. The molecule has 1 saturated carbocycles. The Morgan fingerprint density at radius 3 is 2.68 bits per heavy atom. The van der Waals surface area contributed by atoms with Crippen LogP contribution in [0.5, 0.6) is 0 Å². The molecule has 2 rings (SSSR count). The van der Waals surface area contributed by atoms with Gasteiger partial charge in [-0.1, -0.05) is 6.42 Å². The lowest BCUT2D eigenvalue weighted by molar-refractivity contribution is -0.178. The van der Waals surface area contributed by atoms with Crippen molar-refractivity contribution < 1.29 is 14.0 Å². The first kappa shape index (κ1) is 15.1. The van der Waals surface area contributed by atoms with Gasteiger partial charge in [0, 0.05) is 6.42 Å². The van der Waals surface area contributed by atoms with E-state index in [2.05, 4.69) is 19.6 Å². The fraction of sp³-hybridized carbons (Fsp3) is 0.786. The van der Waals surface area contributed by atoms with Crippen LogP contribution in [0.3, 0.4) is 0 Å². The minimum absolute atomic E-state index is 0.106. The summed E-state index contributed by atoms with van der Waals surface area (Å²) in [6, 6.07) is 0. The zero-order chi connectivity index (χ0) is 14.3.